The molecule has 0 spiro atoms. The van der Waals surface area contributed by atoms with Crippen molar-refractivity contribution >= 4 is 22.4 Å². The third-order valence-corrected chi connectivity index (χ3v) is 4.30. The molecule has 0 aliphatic rings. The second-order valence-corrected chi connectivity index (χ2v) is 6.21. The number of hydrogen-bond donors (Lipinski definition) is 1. The number of aryl methyl sites for hydroxylation is 1. The summed E-state index contributed by atoms with van der Waals surface area (Å²) >= 11 is 1.42. The quantitative estimate of drug-likeness (QED) is 0.704. The Bertz CT molecular complexity index is 658. The number of rotatable bonds is 9. The number of halogens is 1. The first-order chi connectivity index (χ1) is 11.6. The van der Waals surface area contributed by atoms with Gasteiger partial charge >= 0.3 is 0 Å². The summed E-state index contributed by atoms with van der Waals surface area (Å²) in [5, 5.41) is 3.28. The van der Waals surface area contributed by atoms with Crippen molar-refractivity contribution in [3.8, 4) is 0 Å². The molecule has 0 fully saturated rings. The number of carbonyl (C=O) groups excluding carboxylic acids is 1. The van der Waals surface area contributed by atoms with Gasteiger partial charge in [-0.05, 0) is 31.5 Å². The lowest BCUT2D eigenvalue weighted by atomic mass is 10.1. The molecule has 0 atom stereocenters. The Morgan fingerprint density at radius 2 is 1.96 bits per heavy atom. The van der Waals surface area contributed by atoms with Gasteiger partial charge < -0.3 is 9.47 Å². The molecule has 5 nitrogen and oxygen atoms in total. The highest BCUT2D eigenvalue weighted by Crippen LogP contribution is 2.25. The third-order valence-electron chi connectivity index (χ3n) is 3.23. The maximum Gasteiger partial charge on any atom is 0.252 e. The first-order valence-electron chi connectivity index (χ1n) is 7.74. The van der Waals surface area contributed by atoms with E-state index in [4.69, 9.17) is 9.47 Å². The van der Waals surface area contributed by atoms with Crippen molar-refractivity contribution in [2.45, 2.75) is 20.3 Å². The minimum Gasteiger partial charge on any atom is -0.379 e. The van der Waals surface area contributed by atoms with Crippen LogP contribution in [0.3, 0.4) is 0 Å². The van der Waals surface area contributed by atoms with Crippen LogP contribution in [0.25, 0.3) is 0 Å². The molecule has 2 rings (SSSR count). The smallest absolute Gasteiger partial charge is 0.252 e. The Morgan fingerprint density at radius 3 is 2.67 bits per heavy atom. The van der Waals surface area contributed by atoms with Crippen LogP contribution in [0, 0.1) is 12.7 Å². The summed E-state index contributed by atoms with van der Waals surface area (Å²) in [4.78, 5) is 17.2. The monoisotopic (exact) mass is 352 g/mol. The summed E-state index contributed by atoms with van der Waals surface area (Å²) < 4.78 is 23.3. The highest BCUT2D eigenvalue weighted by Gasteiger charge is 2.11. The zero-order valence-corrected chi connectivity index (χ0v) is 14.6. The van der Waals surface area contributed by atoms with Crippen molar-refractivity contribution in [1.29, 1.82) is 0 Å². The molecule has 0 aliphatic heterocycles. The number of amides is 1. The van der Waals surface area contributed by atoms with Gasteiger partial charge in [0.1, 0.15) is 12.4 Å². The molecule has 130 valence electrons. The Kier molecular flexibility index (Phi) is 7.30. The normalized spacial score (nSPS) is 10.8. The SMILES string of the molecule is CCOCCOCC(=O)Nc1nc(C)c(Cc2ccc(F)cc2)s1. The number of thiazole rings is 1. The van der Waals surface area contributed by atoms with Crippen LogP contribution >= 0.6 is 11.3 Å². The fraction of sp³-hybridized carbons (Fsp3) is 0.412. The molecular formula is C17H21FN2O3S. The number of ether oxygens (including phenoxy) is 2. The maximum absolute atomic E-state index is 12.9. The van der Waals surface area contributed by atoms with Crippen LogP contribution in [-0.2, 0) is 20.7 Å². The van der Waals surface area contributed by atoms with Crippen LogP contribution in [0.4, 0.5) is 9.52 Å². The lowest BCUT2D eigenvalue weighted by molar-refractivity contribution is -0.121. The number of aromatic nitrogens is 1. The average molecular weight is 352 g/mol. The summed E-state index contributed by atoms with van der Waals surface area (Å²) in [7, 11) is 0. The largest absolute Gasteiger partial charge is 0.379 e. The summed E-state index contributed by atoms with van der Waals surface area (Å²) in [6, 6.07) is 6.37. The predicted octanol–water partition coefficient (Wildman–Crippen LogP) is 3.17. The number of nitrogens with zero attached hydrogens (tertiary/aromatic N) is 1. The van der Waals surface area contributed by atoms with E-state index in [-0.39, 0.29) is 18.3 Å². The van der Waals surface area contributed by atoms with Crippen LogP contribution in [-0.4, -0.2) is 37.3 Å². The van der Waals surface area contributed by atoms with Gasteiger partial charge in [-0.3, -0.25) is 10.1 Å². The van der Waals surface area contributed by atoms with Crippen molar-refractivity contribution < 1.29 is 18.7 Å². The molecule has 0 saturated heterocycles. The number of anilines is 1. The van der Waals surface area contributed by atoms with Crippen LogP contribution in [0.2, 0.25) is 0 Å². The zero-order valence-electron chi connectivity index (χ0n) is 13.8. The molecule has 0 radical (unpaired) electrons. The van der Waals surface area contributed by atoms with Crippen LogP contribution in [0.5, 0.6) is 0 Å². The fourth-order valence-electron chi connectivity index (χ4n) is 2.02. The van der Waals surface area contributed by atoms with E-state index in [0.29, 0.717) is 31.4 Å². The third kappa shape index (κ3) is 5.99. The average Bonchev–Trinajstić information content (AvgIpc) is 2.88. The highest BCUT2D eigenvalue weighted by molar-refractivity contribution is 7.15. The Balaban J connectivity index is 1.84. The van der Waals surface area contributed by atoms with Crippen LogP contribution in [0.1, 0.15) is 23.1 Å². The van der Waals surface area contributed by atoms with Gasteiger partial charge in [0.2, 0.25) is 0 Å². The van der Waals surface area contributed by atoms with E-state index in [1.54, 1.807) is 12.1 Å². The van der Waals surface area contributed by atoms with Crippen molar-refractivity contribution in [1.82, 2.24) is 4.98 Å². The standard InChI is InChI=1S/C17H21FN2O3S/c1-3-22-8-9-23-11-16(21)20-17-19-12(2)15(24-17)10-13-4-6-14(18)7-5-13/h4-7H,3,8-11H2,1-2H3,(H,19,20,21). The van der Waals surface area contributed by atoms with Gasteiger partial charge in [-0.2, -0.15) is 0 Å². The molecule has 1 heterocycles. The maximum atomic E-state index is 12.9. The lowest BCUT2D eigenvalue weighted by Gasteiger charge is -2.04. The summed E-state index contributed by atoms with van der Waals surface area (Å²) in [6.45, 7) is 5.25. The molecule has 0 bridgehead atoms. The second kappa shape index (κ2) is 9.46. The lowest BCUT2D eigenvalue weighted by Crippen LogP contribution is -2.19. The van der Waals surface area contributed by atoms with E-state index in [1.165, 1.54) is 23.5 Å². The fourth-order valence-corrected chi connectivity index (χ4v) is 3.03. The molecule has 0 unspecified atom stereocenters. The van der Waals surface area contributed by atoms with E-state index in [9.17, 15) is 9.18 Å². The molecule has 2 aromatic rings. The molecule has 0 aliphatic carbocycles. The summed E-state index contributed by atoms with van der Waals surface area (Å²) in [5.41, 5.74) is 1.86. The Morgan fingerprint density at radius 1 is 1.25 bits per heavy atom. The first-order valence-corrected chi connectivity index (χ1v) is 8.56. The van der Waals surface area contributed by atoms with Gasteiger partial charge in [0.15, 0.2) is 5.13 Å². The zero-order chi connectivity index (χ0) is 17.4. The molecule has 1 amide bonds. The Labute approximate surface area is 144 Å². The number of hydrogen-bond acceptors (Lipinski definition) is 5. The first kappa shape index (κ1) is 18.5. The Hall–Kier alpha value is -1.83. The summed E-state index contributed by atoms with van der Waals surface area (Å²) in [6.07, 6.45) is 0.657. The van der Waals surface area contributed by atoms with Gasteiger partial charge in [-0.1, -0.05) is 12.1 Å². The van der Waals surface area contributed by atoms with Crippen LogP contribution in [0.15, 0.2) is 24.3 Å². The number of benzene rings is 1. The molecule has 1 aromatic heterocycles. The molecular weight excluding hydrogens is 331 g/mol. The topological polar surface area (TPSA) is 60.5 Å². The van der Waals surface area contributed by atoms with Crippen LogP contribution < -0.4 is 5.32 Å². The van der Waals surface area contributed by atoms with E-state index in [1.807, 2.05) is 13.8 Å². The minimum atomic E-state index is -0.253. The van der Waals surface area contributed by atoms with Crippen molar-refractivity contribution in [3.05, 3.63) is 46.2 Å². The van der Waals surface area contributed by atoms with Crippen molar-refractivity contribution in [3.63, 3.8) is 0 Å². The van der Waals surface area contributed by atoms with Crippen molar-refractivity contribution in [2.75, 3.05) is 31.7 Å². The molecule has 7 heteroatoms. The highest BCUT2D eigenvalue weighted by atomic mass is 32.1. The molecule has 1 aromatic carbocycles. The van der Waals surface area contributed by atoms with Gasteiger partial charge in [0.25, 0.3) is 5.91 Å². The van der Waals surface area contributed by atoms with Gasteiger partial charge in [-0.25, -0.2) is 9.37 Å². The number of nitrogens with one attached hydrogen (secondary N) is 1. The summed E-state index contributed by atoms with van der Waals surface area (Å²) in [5.74, 6) is -0.495. The molecule has 0 saturated carbocycles. The van der Waals surface area contributed by atoms with Gasteiger partial charge in [0.05, 0.1) is 18.9 Å². The van der Waals surface area contributed by atoms with Gasteiger partial charge in [0, 0.05) is 17.9 Å². The second-order valence-electron chi connectivity index (χ2n) is 5.13. The van der Waals surface area contributed by atoms with E-state index in [0.717, 1.165) is 16.1 Å². The van der Waals surface area contributed by atoms with Gasteiger partial charge in [-0.15, -0.1) is 11.3 Å². The minimum absolute atomic E-state index is 0.0288. The van der Waals surface area contributed by atoms with E-state index in [2.05, 4.69) is 10.3 Å². The predicted molar refractivity (Wildman–Crippen MR) is 92.0 cm³/mol. The van der Waals surface area contributed by atoms with Crippen molar-refractivity contribution in [2.24, 2.45) is 0 Å². The molecule has 24 heavy (non-hydrogen) atoms. The number of carbonyl (C=O) groups is 1. The molecule has 1 N–H and O–H groups in total. The van der Waals surface area contributed by atoms with E-state index >= 15 is 0 Å². The van der Waals surface area contributed by atoms with E-state index < -0.39 is 0 Å².